The number of benzene rings is 1. The van der Waals surface area contributed by atoms with Gasteiger partial charge in [-0.1, -0.05) is 25.1 Å². The number of para-hydroxylation sites is 1. The van der Waals surface area contributed by atoms with Crippen LogP contribution in [-0.2, 0) is 15.5 Å². The molecule has 0 saturated carbocycles. The Hall–Kier alpha value is -0.740. The maximum Gasteiger partial charge on any atom is 0.273 e. The van der Waals surface area contributed by atoms with Gasteiger partial charge < -0.3 is 4.74 Å². The molecule has 0 bridgehead atoms. The molecule has 0 saturated heterocycles. The van der Waals surface area contributed by atoms with Gasteiger partial charge in [0.15, 0.2) is 0 Å². The van der Waals surface area contributed by atoms with Crippen LogP contribution in [0.2, 0.25) is 0 Å². The highest BCUT2D eigenvalue weighted by molar-refractivity contribution is 8.14. The second kappa shape index (κ2) is 3.64. The van der Waals surface area contributed by atoms with E-state index in [1.165, 1.54) is 6.92 Å². The average Bonchev–Trinajstić information content (AvgIpc) is 2.18. The van der Waals surface area contributed by atoms with Gasteiger partial charge in [0.2, 0.25) is 4.93 Å². The Bertz CT molecular complexity index is 512. The maximum atomic E-state index is 11.6. The quantitative estimate of drug-likeness (QED) is 0.729. The fourth-order valence-electron chi connectivity index (χ4n) is 1.90. The van der Waals surface area contributed by atoms with E-state index in [1.54, 1.807) is 6.07 Å². The number of ether oxygens (including phenoxy) is 1. The molecule has 0 aromatic heterocycles. The van der Waals surface area contributed by atoms with Crippen molar-refractivity contribution < 1.29 is 13.2 Å². The first-order chi connectivity index (χ1) is 7.34. The zero-order chi connectivity index (χ0) is 12.0. The van der Waals surface area contributed by atoms with E-state index >= 15 is 0 Å². The van der Waals surface area contributed by atoms with Gasteiger partial charge in [0.25, 0.3) is 9.05 Å². The summed E-state index contributed by atoms with van der Waals surface area (Å²) >= 11 is 0. The van der Waals surface area contributed by atoms with E-state index in [9.17, 15) is 8.42 Å². The zero-order valence-corrected chi connectivity index (χ0v) is 10.7. The molecule has 2 unspecified atom stereocenters. The van der Waals surface area contributed by atoms with Gasteiger partial charge in [-0.2, -0.15) is 0 Å². The summed E-state index contributed by atoms with van der Waals surface area (Å²) in [6.45, 7) is 3.35. The van der Waals surface area contributed by atoms with Crippen LogP contribution in [0.5, 0.6) is 5.75 Å². The van der Waals surface area contributed by atoms with Gasteiger partial charge in [-0.25, -0.2) is 8.42 Å². The predicted octanol–water partition coefficient (Wildman–Crippen LogP) is 2.54. The molecule has 16 heavy (non-hydrogen) atoms. The highest BCUT2D eigenvalue weighted by atomic mass is 35.7. The van der Waals surface area contributed by atoms with Crippen LogP contribution in [0.3, 0.4) is 0 Å². The normalized spacial score (nSPS) is 29.3. The summed E-state index contributed by atoms with van der Waals surface area (Å²) in [4.78, 5) is -1.34. The minimum atomic E-state index is -3.77. The van der Waals surface area contributed by atoms with Gasteiger partial charge in [0.05, 0.1) is 0 Å². The molecule has 0 amide bonds. The van der Waals surface area contributed by atoms with Crippen molar-refractivity contribution in [2.24, 2.45) is 5.92 Å². The van der Waals surface area contributed by atoms with Crippen LogP contribution in [0.15, 0.2) is 24.3 Å². The molecule has 0 fully saturated rings. The number of hydrogen-bond acceptors (Lipinski definition) is 3. The molecule has 3 nitrogen and oxygen atoms in total. The second-order valence-electron chi connectivity index (χ2n) is 4.27. The predicted molar refractivity (Wildman–Crippen MR) is 63.1 cm³/mol. The van der Waals surface area contributed by atoms with Gasteiger partial charge in [-0.3, -0.25) is 0 Å². The number of hydrogen-bond donors (Lipinski definition) is 0. The molecule has 1 aromatic rings. The Balaban J connectivity index is 2.50. The molecular formula is C11H13ClO3S. The van der Waals surface area contributed by atoms with Crippen molar-refractivity contribution in [1.82, 2.24) is 0 Å². The Morgan fingerprint density at radius 1 is 1.44 bits per heavy atom. The molecule has 0 N–H and O–H groups in total. The molecule has 0 aliphatic carbocycles. The third kappa shape index (κ3) is 1.70. The van der Waals surface area contributed by atoms with Crippen molar-refractivity contribution in [2.45, 2.75) is 25.2 Å². The lowest BCUT2D eigenvalue weighted by Crippen LogP contribution is -2.48. The number of rotatable bonds is 1. The molecule has 2 rings (SSSR count). The lowest BCUT2D eigenvalue weighted by atomic mass is 9.93. The van der Waals surface area contributed by atoms with Crippen molar-refractivity contribution in [3.8, 4) is 5.75 Å². The van der Waals surface area contributed by atoms with E-state index in [0.29, 0.717) is 12.2 Å². The second-order valence-corrected chi connectivity index (χ2v) is 7.17. The monoisotopic (exact) mass is 260 g/mol. The van der Waals surface area contributed by atoms with Crippen LogP contribution >= 0.6 is 10.7 Å². The van der Waals surface area contributed by atoms with Crippen LogP contribution < -0.4 is 4.74 Å². The van der Waals surface area contributed by atoms with E-state index in [0.717, 1.165) is 5.56 Å². The zero-order valence-electron chi connectivity index (χ0n) is 9.10. The van der Waals surface area contributed by atoms with Crippen molar-refractivity contribution >= 4 is 19.7 Å². The fraction of sp³-hybridized carbons (Fsp3) is 0.455. The van der Waals surface area contributed by atoms with E-state index in [2.05, 4.69) is 0 Å². The summed E-state index contributed by atoms with van der Waals surface area (Å²) in [6, 6.07) is 7.43. The van der Waals surface area contributed by atoms with Crippen LogP contribution in [0, 0.1) is 5.92 Å². The molecule has 2 atom stereocenters. The van der Waals surface area contributed by atoms with Crippen LogP contribution in [0.1, 0.15) is 19.4 Å². The number of fused-ring (bicyclic) bond motifs is 1. The lowest BCUT2D eigenvalue weighted by Gasteiger charge is -2.38. The average molecular weight is 261 g/mol. The molecule has 1 aromatic carbocycles. The summed E-state index contributed by atoms with van der Waals surface area (Å²) in [5.41, 5.74) is 1.02. The lowest BCUT2D eigenvalue weighted by molar-refractivity contribution is 0.0966. The van der Waals surface area contributed by atoms with Gasteiger partial charge in [-0.15, -0.1) is 0 Å². The summed E-state index contributed by atoms with van der Waals surface area (Å²) in [5.74, 6) is 0.428. The summed E-state index contributed by atoms with van der Waals surface area (Å²) in [6.07, 6.45) is 0.651. The van der Waals surface area contributed by atoms with Crippen LogP contribution in [0.4, 0.5) is 0 Å². The molecule has 1 heterocycles. The highest BCUT2D eigenvalue weighted by Crippen LogP contribution is 2.41. The van der Waals surface area contributed by atoms with Gasteiger partial charge in [-0.05, 0) is 25.0 Å². The molecule has 88 valence electrons. The van der Waals surface area contributed by atoms with Crippen LogP contribution in [0.25, 0.3) is 0 Å². The molecular weight excluding hydrogens is 248 g/mol. The van der Waals surface area contributed by atoms with Crippen molar-refractivity contribution in [1.29, 1.82) is 0 Å². The molecule has 1 aliphatic rings. The van der Waals surface area contributed by atoms with E-state index in [-0.39, 0.29) is 5.92 Å². The molecule has 1 aliphatic heterocycles. The standard InChI is InChI=1S/C11H13ClO3S/c1-8-7-9-5-3-4-6-10(9)15-11(8,2)16(12,13)14/h3-6,8H,7H2,1-2H3. The summed E-state index contributed by atoms with van der Waals surface area (Å²) in [5, 5.41) is 0. The Kier molecular flexibility index (Phi) is 2.67. The Morgan fingerprint density at radius 3 is 2.69 bits per heavy atom. The first-order valence-corrected chi connectivity index (χ1v) is 7.36. The SMILES string of the molecule is CC1Cc2ccccc2OC1(C)S(=O)(=O)Cl. The molecule has 0 spiro atoms. The highest BCUT2D eigenvalue weighted by Gasteiger charge is 2.48. The third-order valence-corrected chi connectivity index (χ3v) is 5.56. The smallest absolute Gasteiger partial charge is 0.273 e. The first kappa shape index (κ1) is 11.7. The summed E-state index contributed by atoms with van der Waals surface area (Å²) < 4.78 is 28.7. The fourth-order valence-corrected chi connectivity index (χ4v) is 3.20. The van der Waals surface area contributed by atoms with Crippen LogP contribution in [-0.4, -0.2) is 13.4 Å². The first-order valence-electron chi connectivity index (χ1n) is 5.06. The third-order valence-electron chi connectivity index (χ3n) is 3.19. The van der Waals surface area contributed by atoms with Crippen molar-refractivity contribution in [2.75, 3.05) is 0 Å². The largest absolute Gasteiger partial charge is 0.470 e. The van der Waals surface area contributed by atoms with Crippen molar-refractivity contribution in [3.63, 3.8) is 0 Å². The van der Waals surface area contributed by atoms with Gasteiger partial charge in [0.1, 0.15) is 5.75 Å². The van der Waals surface area contributed by atoms with E-state index in [4.69, 9.17) is 15.4 Å². The number of halogens is 1. The Labute approximate surface area is 99.8 Å². The van der Waals surface area contributed by atoms with Gasteiger partial charge >= 0.3 is 0 Å². The minimum absolute atomic E-state index is 0.176. The topological polar surface area (TPSA) is 43.4 Å². The molecule has 5 heteroatoms. The maximum absolute atomic E-state index is 11.6. The van der Waals surface area contributed by atoms with E-state index < -0.39 is 14.0 Å². The Morgan fingerprint density at radius 2 is 2.06 bits per heavy atom. The molecule has 0 radical (unpaired) electrons. The van der Waals surface area contributed by atoms with Crippen molar-refractivity contribution in [3.05, 3.63) is 29.8 Å². The van der Waals surface area contributed by atoms with E-state index in [1.807, 2.05) is 25.1 Å². The summed E-state index contributed by atoms with van der Waals surface area (Å²) in [7, 11) is 1.69. The van der Waals surface area contributed by atoms with Gasteiger partial charge in [0, 0.05) is 16.6 Å². The minimum Gasteiger partial charge on any atom is -0.470 e.